The second kappa shape index (κ2) is 6.43. The third-order valence-corrected chi connectivity index (χ3v) is 5.37. The summed E-state index contributed by atoms with van der Waals surface area (Å²) in [4.78, 5) is 19.0. The third kappa shape index (κ3) is 3.17. The van der Waals surface area contributed by atoms with Crippen molar-refractivity contribution in [3.63, 3.8) is 0 Å². The van der Waals surface area contributed by atoms with Gasteiger partial charge in [0.25, 0.3) is 0 Å². The standard InChI is InChI=1S/C16H20N4O2S/c21-16(18-11-3-4-15-12(7-11)17-10-23-15)19-13-8-22-9-14(13)20-5-1-2-6-20/h3-4,7,10,13-14H,1-2,5-6,8-9H2,(H2,18,19,21)/t13-,14-/m0/s1. The first kappa shape index (κ1) is 14.9. The van der Waals surface area contributed by atoms with Crippen molar-refractivity contribution >= 4 is 33.3 Å². The van der Waals surface area contributed by atoms with Crippen LogP contribution in [0.4, 0.5) is 10.5 Å². The van der Waals surface area contributed by atoms with Gasteiger partial charge in [0, 0.05) is 5.69 Å². The molecule has 0 radical (unpaired) electrons. The van der Waals surface area contributed by atoms with Crippen LogP contribution in [0.15, 0.2) is 23.7 Å². The summed E-state index contributed by atoms with van der Waals surface area (Å²) in [5.41, 5.74) is 3.48. The molecule has 4 rings (SSSR count). The number of nitrogens with one attached hydrogen (secondary N) is 2. The fourth-order valence-electron chi connectivity index (χ4n) is 3.39. The molecule has 23 heavy (non-hydrogen) atoms. The van der Waals surface area contributed by atoms with Crippen LogP contribution in [0.3, 0.4) is 0 Å². The molecule has 2 aliphatic heterocycles. The molecule has 0 bridgehead atoms. The fourth-order valence-corrected chi connectivity index (χ4v) is 4.04. The molecular weight excluding hydrogens is 312 g/mol. The number of amides is 2. The van der Waals surface area contributed by atoms with Gasteiger partial charge in [0.15, 0.2) is 0 Å². The van der Waals surface area contributed by atoms with Gasteiger partial charge in [0.05, 0.1) is 41.0 Å². The molecule has 2 saturated heterocycles. The van der Waals surface area contributed by atoms with Crippen LogP contribution in [0.2, 0.25) is 0 Å². The van der Waals surface area contributed by atoms with Crippen molar-refractivity contribution in [1.82, 2.24) is 15.2 Å². The molecule has 122 valence electrons. The summed E-state index contributed by atoms with van der Waals surface area (Å²) in [6.45, 7) is 3.50. The van der Waals surface area contributed by atoms with Gasteiger partial charge in [-0.25, -0.2) is 9.78 Å². The van der Waals surface area contributed by atoms with Gasteiger partial charge in [-0.05, 0) is 44.1 Å². The lowest BCUT2D eigenvalue weighted by Gasteiger charge is -2.27. The number of carbonyl (C=O) groups is 1. The number of hydrogen-bond donors (Lipinski definition) is 2. The van der Waals surface area contributed by atoms with Crippen molar-refractivity contribution in [1.29, 1.82) is 0 Å². The lowest BCUT2D eigenvalue weighted by molar-refractivity contribution is 0.159. The number of nitrogens with zero attached hydrogens (tertiary/aromatic N) is 2. The molecule has 0 aliphatic carbocycles. The second-order valence-electron chi connectivity index (χ2n) is 6.09. The topological polar surface area (TPSA) is 66.5 Å². The Morgan fingerprint density at radius 3 is 3.04 bits per heavy atom. The first-order chi connectivity index (χ1) is 11.3. The van der Waals surface area contributed by atoms with Gasteiger partial charge in [0.1, 0.15) is 0 Å². The van der Waals surface area contributed by atoms with E-state index in [-0.39, 0.29) is 12.1 Å². The Kier molecular flexibility index (Phi) is 4.15. The summed E-state index contributed by atoms with van der Waals surface area (Å²) in [7, 11) is 0. The number of urea groups is 1. The molecule has 0 saturated carbocycles. The largest absolute Gasteiger partial charge is 0.378 e. The van der Waals surface area contributed by atoms with Gasteiger partial charge in [-0.15, -0.1) is 11.3 Å². The molecule has 1 aromatic carbocycles. The number of anilines is 1. The molecule has 2 amide bonds. The molecule has 2 N–H and O–H groups in total. The van der Waals surface area contributed by atoms with Gasteiger partial charge in [0.2, 0.25) is 0 Å². The van der Waals surface area contributed by atoms with Crippen LogP contribution in [0.25, 0.3) is 10.2 Å². The van der Waals surface area contributed by atoms with Crippen LogP contribution in [0.5, 0.6) is 0 Å². The number of benzene rings is 1. The number of rotatable bonds is 3. The highest BCUT2D eigenvalue weighted by molar-refractivity contribution is 7.16. The van der Waals surface area contributed by atoms with Crippen LogP contribution in [-0.4, -0.2) is 54.3 Å². The molecule has 0 spiro atoms. The lowest BCUT2D eigenvalue weighted by atomic mass is 10.1. The van der Waals surface area contributed by atoms with Crippen molar-refractivity contribution in [3.8, 4) is 0 Å². The predicted molar refractivity (Wildman–Crippen MR) is 91.0 cm³/mol. The quantitative estimate of drug-likeness (QED) is 0.905. The molecule has 7 heteroatoms. The van der Waals surface area contributed by atoms with Gasteiger partial charge in [-0.2, -0.15) is 0 Å². The highest BCUT2D eigenvalue weighted by atomic mass is 32.1. The van der Waals surface area contributed by atoms with Crippen molar-refractivity contribution < 1.29 is 9.53 Å². The molecule has 6 nitrogen and oxygen atoms in total. The van der Waals surface area contributed by atoms with E-state index in [4.69, 9.17) is 4.74 Å². The van der Waals surface area contributed by atoms with Crippen LogP contribution in [0.1, 0.15) is 12.8 Å². The zero-order valence-electron chi connectivity index (χ0n) is 12.8. The number of aromatic nitrogens is 1. The van der Waals surface area contributed by atoms with E-state index in [9.17, 15) is 4.79 Å². The maximum atomic E-state index is 12.3. The number of hydrogen-bond acceptors (Lipinski definition) is 5. The summed E-state index contributed by atoms with van der Waals surface area (Å²) in [6, 6.07) is 5.95. The van der Waals surface area contributed by atoms with Gasteiger partial charge in [-0.3, -0.25) is 4.90 Å². The van der Waals surface area contributed by atoms with Gasteiger partial charge < -0.3 is 15.4 Å². The summed E-state index contributed by atoms with van der Waals surface area (Å²) < 4.78 is 6.71. The average molecular weight is 332 g/mol. The maximum absolute atomic E-state index is 12.3. The number of likely N-dealkylation sites (tertiary alicyclic amines) is 1. The van der Waals surface area contributed by atoms with E-state index in [1.807, 2.05) is 23.7 Å². The molecule has 2 aliphatic rings. The van der Waals surface area contributed by atoms with Gasteiger partial charge >= 0.3 is 6.03 Å². The smallest absolute Gasteiger partial charge is 0.319 e. The van der Waals surface area contributed by atoms with Gasteiger partial charge in [-0.1, -0.05) is 0 Å². The zero-order valence-corrected chi connectivity index (χ0v) is 13.6. The van der Waals surface area contributed by atoms with Crippen molar-refractivity contribution in [3.05, 3.63) is 23.7 Å². The minimum atomic E-state index is -0.181. The Morgan fingerprint density at radius 2 is 2.17 bits per heavy atom. The summed E-state index contributed by atoms with van der Waals surface area (Å²) in [5, 5.41) is 5.96. The van der Waals surface area contributed by atoms with Crippen molar-refractivity contribution in [2.45, 2.75) is 24.9 Å². The first-order valence-corrected chi connectivity index (χ1v) is 8.90. The second-order valence-corrected chi connectivity index (χ2v) is 6.97. The Morgan fingerprint density at radius 1 is 1.30 bits per heavy atom. The number of carbonyl (C=O) groups excluding carboxylic acids is 1. The Bertz CT molecular complexity index is 698. The lowest BCUT2D eigenvalue weighted by Crippen LogP contribution is -2.51. The first-order valence-electron chi connectivity index (χ1n) is 8.02. The van der Waals surface area contributed by atoms with E-state index in [0.717, 1.165) is 29.0 Å². The normalized spacial score (nSPS) is 25.0. The van der Waals surface area contributed by atoms with E-state index >= 15 is 0 Å². The Balaban J connectivity index is 1.38. The minimum Gasteiger partial charge on any atom is -0.378 e. The molecular formula is C16H20N4O2S. The molecule has 3 heterocycles. The maximum Gasteiger partial charge on any atom is 0.319 e. The minimum absolute atomic E-state index is 0.0519. The summed E-state index contributed by atoms with van der Waals surface area (Å²) in [5.74, 6) is 0. The molecule has 1 aromatic heterocycles. The summed E-state index contributed by atoms with van der Waals surface area (Å²) >= 11 is 1.59. The molecule has 2 fully saturated rings. The zero-order chi connectivity index (χ0) is 15.6. The number of fused-ring (bicyclic) bond motifs is 1. The molecule has 0 unspecified atom stereocenters. The average Bonchev–Trinajstić information content (AvgIpc) is 3.27. The third-order valence-electron chi connectivity index (χ3n) is 4.56. The van der Waals surface area contributed by atoms with E-state index in [1.54, 1.807) is 11.3 Å². The van der Waals surface area contributed by atoms with E-state index < -0.39 is 0 Å². The van der Waals surface area contributed by atoms with Crippen molar-refractivity contribution in [2.75, 3.05) is 31.6 Å². The predicted octanol–water partition coefficient (Wildman–Crippen LogP) is 2.28. The Hall–Kier alpha value is -1.70. The van der Waals surface area contributed by atoms with Crippen LogP contribution in [-0.2, 0) is 4.74 Å². The monoisotopic (exact) mass is 332 g/mol. The Labute approximate surface area is 138 Å². The summed E-state index contributed by atoms with van der Waals surface area (Å²) in [6.07, 6.45) is 2.48. The van der Waals surface area contributed by atoms with E-state index in [0.29, 0.717) is 19.3 Å². The van der Waals surface area contributed by atoms with E-state index in [2.05, 4.69) is 20.5 Å². The fraction of sp³-hybridized carbons (Fsp3) is 0.500. The van der Waals surface area contributed by atoms with Crippen molar-refractivity contribution in [2.24, 2.45) is 0 Å². The highest BCUT2D eigenvalue weighted by Crippen LogP contribution is 2.22. The highest BCUT2D eigenvalue weighted by Gasteiger charge is 2.35. The molecule has 2 aromatic rings. The number of thiazole rings is 1. The SMILES string of the molecule is O=C(Nc1ccc2scnc2c1)N[C@H]1COC[C@@H]1N1CCCC1. The van der Waals surface area contributed by atoms with E-state index in [1.165, 1.54) is 12.8 Å². The molecule has 2 atom stereocenters. The number of ether oxygens (including phenoxy) is 1. The van der Waals surface area contributed by atoms with Crippen LogP contribution >= 0.6 is 11.3 Å². The van der Waals surface area contributed by atoms with Crippen LogP contribution in [0, 0.1) is 0 Å². The van der Waals surface area contributed by atoms with Crippen LogP contribution < -0.4 is 10.6 Å².